The zero-order valence-corrected chi connectivity index (χ0v) is 15.2. The largest absolute Gasteiger partial charge is 0.507 e. The zero-order chi connectivity index (χ0) is 17.4. The lowest BCUT2D eigenvalue weighted by atomic mass is 10.0. The Morgan fingerprint density at radius 3 is 2.42 bits per heavy atom. The Morgan fingerprint density at radius 1 is 1.04 bits per heavy atom. The number of fused-ring (bicyclic) bond motifs is 1. The summed E-state index contributed by atoms with van der Waals surface area (Å²) in [6.07, 6.45) is 0. The molecule has 2 N–H and O–H groups in total. The van der Waals surface area contributed by atoms with Crippen molar-refractivity contribution in [3.8, 4) is 5.75 Å². The lowest BCUT2D eigenvalue weighted by Gasteiger charge is -2.15. The van der Waals surface area contributed by atoms with Gasteiger partial charge in [-0.15, -0.1) is 0 Å². The first-order valence-corrected chi connectivity index (χ1v) is 8.63. The first-order valence-electron chi connectivity index (χ1n) is 6.80. The molecule has 1 heterocycles. The van der Waals surface area contributed by atoms with Crippen LogP contribution in [0.15, 0.2) is 42.5 Å². The van der Waals surface area contributed by atoms with Gasteiger partial charge in [-0.25, -0.2) is 0 Å². The average molecular weight is 454 g/mol. The summed E-state index contributed by atoms with van der Waals surface area (Å²) >= 11 is 6.63. The first-order chi connectivity index (χ1) is 11.4. The number of halogens is 2. The number of para-hydroxylation sites is 1. The van der Waals surface area contributed by atoms with Gasteiger partial charge >= 0.3 is 0 Å². The van der Waals surface area contributed by atoms with Gasteiger partial charge in [-0.2, -0.15) is 5.01 Å². The van der Waals surface area contributed by atoms with Crippen molar-refractivity contribution in [3.63, 3.8) is 0 Å². The van der Waals surface area contributed by atoms with E-state index in [1.54, 1.807) is 24.3 Å². The molecular weight excluding hydrogens is 444 g/mol. The smallest absolute Gasteiger partial charge is 0.280 e. The third-order valence-corrected chi connectivity index (χ3v) is 4.53. The molecule has 0 saturated carbocycles. The van der Waals surface area contributed by atoms with Crippen LogP contribution < -0.4 is 5.43 Å². The number of carbonyl (C=O) groups is 3. The normalized spacial score (nSPS) is 13.4. The van der Waals surface area contributed by atoms with Crippen LogP contribution in [-0.2, 0) is 0 Å². The highest BCUT2D eigenvalue weighted by atomic mass is 79.9. The van der Waals surface area contributed by atoms with Gasteiger partial charge in [0.2, 0.25) is 0 Å². The molecular formula is C16H10Br2N2O4. The summed E-state index contributed by atoms with van der Waals surface area (Å²) in [5, 5.41) is 10.4. The zero-order valence-electron chi connectivity index (χ0n) is 12.0. The van der Waals surface area contributed by atoms with Gasteiger partial charge in [0, 0.05) is 0 Å². The van der Waals surface area contributed by atoms with Gasteiger partial charge in [-0.1, -0.05) is 56.1 Å². The molecule has 24 heavy (non-hydrogen) atoms. The van der Waals surface area contributed by atoms with Crippen LogP contribution in [0.4, 0.5) is 0 Å². The number of hydrogen-bond acceptors (Lipinski definition) is 4. The van der Waals surface area contributed by atoms with Gasteiger partial charge in [0.05, 0.1) is 20.4 Å². The van der Waals surface area contributed by atoms with Crippen LogP contribution in [0, 0.1) is 0 Å². The SMILES string of the molecule is O=C(NN1C(=O)c2cccc(C(Br)Br)c2C1=O)c1ccccc1O. The quantitative estimate of drug-likeness (QED) is 0.552. The van der Waals surface area contributed by atoms with Crippen molar-refractivity contribution in [3.05, 3.63) is 64.7 Å². The molecule has 0 spiro atoms. The van der Waals surface area contributed by atoms with Crippen LogP contribution >= 0.6 is 31.9 Å². The Balaban J connectivity index is 1.93. The molecule has 2 aromatic carbocycles. The Kier molecular flexibility index (Phi) is 4.42. The van der Waals surface area contributed by atoms with E-state index in [1.165, 1.54) is 18.2 Å². The minimum atomic E-state index is -0.751. The molecule has 0 atom stereocenters. The lowest BCUT2D eigenvalue weighted by molar-refractivity contribution is 0.0517. The van der Waals surface area contributed by atoms with Gasteiger partial charge < -0.3 is 5.11 Å². The maximum Gasteiger partial charge on any atom is 0.280 e. The molecule has 0 radical (unpaired) electrons. The van der Waals surface area contributed by atoms with E-state index in [0.29, 0.717) is 10.6 Å². The van der Waals surface area contributed by atoms with Crippen LogP contribution in [0.25, 0.3) is 0 Å². The number of nitrogens with one attached hydrogen (secondary N) is 1. The van der Waals surface area contributed by atoms with E-state index in [0.717, 1.165) is 0 Å². The summed E-state index contributed by atoms with van der Waals surface area (Å²) in [5.74, 6) is -2.24. The third-order valence-electron chi connectivity index (χ3n) is 3.54. The summed E-state index contributed by atoms with van der Waals surface area (Å²) in [4.78, 5) is 37.2. The molecule has 0 aliphatic carbocycles. The number of alkyl halides is 2. The highest BCUT2D eigenvalue weighted by Crippen LogP contribution is 2.36. The molecule has 0 aromatic heterocycles. The Hall–Kier alpha value is -2.19. The molecule has 8 heteroatoms. The van der Waals surface area contributed by atoms with Crippen molar-refractivity contribution in [1.82, 2.24) is 10.4 Å². The summed E-state index contributed by atoms with van der Waals surface area (Å²) in [6.45, 7) is 0. The summed E-state index contributed by atoms with van der Waals surface area (Å²) < 4.78 is -0.314. The molecule has 6 nitrogen and oxygen atoms in total. The van der Waals surface area contributed by atoms with Gasteiger partial charge in [0.1, 0.15) is 5.75 Å². The molecule has 1 aliphatic rings. The fourth-order valence-electron chi connectivity index (χ4n) is 2.42. The van der Waals surface area contributed by atoms with Crippen molar-refractivity contribution < 1.29 is 19.5 Å². The second-order valence-electron chi connectivity index (χ2n) is 4.97. The van der Waals surface area contributed by atoms with Crippen LogP contribution in [-0.4, -0.2) is 27.8 Å². The number of amides is 3. The fraction of sp³-hybridized carbons (Fsp3) is 0.0625. The fourth-order valence-corrected chi connectivity index (χ4v) is 3.19. The number of rotatable bonds is 3. The predicted molar refractivity (Wildman–Crippen MR) is 93.1 cm³/mol. The van der Waals surface area contributed by atoms with Crippen molar-refractivity contribution in [2.75, 3.05) is 0 Å². The van der Waals surface area contributed by atoms with Crippen LogP contribution in [0.2, 0.25) is 0 Å². The van der Waals surface area contributed by atoms with Crippen molar-refractivity contribution in [2.45, 2.75) is 3.74 Å². The number of nitrogens with zero attached hydrogens (tertiary/aromatic N) is 1. The molecule has 1 aliphatic heterocycles. The topological polar surface area (TPSA) is 86.7 Å². The number of carbonyl (C=O) groups excluding carboxylic acids is 3. The molecule has 3 amide bonds. The number of benzene rings is 2. The van der Waals surface area contributed by atoms with Gasteiger partial charge in [-0.05, 0) is 23.8 Å². The highest BCUT2D eigenvalue weighted by Gasteiger charge is 2.39. The number of phenols is 1. The number of hydrazine groups is 1. The van der Waals surface area contributed by atoms with Crippen molar-refractivity contribution in [1.29, 1.82) is 0 Å². The number of imide groups is 1. The number of aromatic hydroxyl groups is 1. The van der Waals surface area contributed by atoms with Crippen LogP contribution in [0.3, 0.4) is 0 Å². The summed E-state index contributed by atoms with van der Waals surface area (Å²) in [7, 11) is 0. The minimum absolute atomic E-state index is 0.0341. The Labute approximate surface area is 153 Å². The number of phenolic OH excluding ortho intramolecular Hbond substituents is 1. The second-order valence-corrected chi connectivity index (χ2v) is 8.03. The molecule has 0 bridgehead atoms. The molecule has 0 fully saturated rings. The van der Waals surface area contributed by atoms with Crippen LogP contribution in [0.5, 0.6) is 5.75 Å². The summed E-state index contributed by atoms with van der Waals surface area (Å²) in [6, 6.07) is 10.7. The van der Waals surface area contributed by atoms with Crippen LogP contribution in [0.1, 0.15) is 40.4 Å². The predicted octanol–water partition coefficient (Wildman–Crippen LogP) is 3.12. The lowest BCUT2D eigenvalue weighted by Crippen LogP contribution is -2.45. The van der Waals surface area contributed by atoms with E-state index in [4.69, 9.17) is 0 Å². The van der Waals surface area contributed by atoms with E-state index in [-0.39, 0.29) is 26.2 Å². The van der Waals surface area contributed by atoms with Gasteiger partial charge in [0.15, 0.2) is 0 Å². The standard InChI is InChI=1S/C16H10Br2N2O4/c17-13(18)9-5-3-6-10-12(9)16(24)20(15(10)23)19-14(22)8-4-1-2-7-11(8)21/h1-7,13,21H,(H,19,22). The molecule has 2 aromatic rings. The molecule has 0 saturated heterocycles. The molecule has 3 rings (SSSR count). The maximum atomic E-state index is 12.6. The van der Waals surface area contributed by atoms with E-state index < -0.39 is 17.7 Å². The van der Waals surface area contributed by atoms with Gasteiger partial charge in [-0.3, -0.25) is 19.8 Å². The first kappa shape index (κ1) is 16.7. The third kappa shape index (κ3) is 2.71. The van der Waals surface area contributed by atoms with Crippen molar-refractivity contribution >= 4 is 49.6 Å². The maximum absolute atomic E-state index is 12.6. The molecule has 0 unspecified atom stereocenters. The Bertz CT molecular complexity index is 867. The highest BCUT2D eigenvalue weighted by molar-refractivity contribution is 9.24. The monoisotopic (exact) mass is 452 g/mol. The Morgan fingerprint density at radius 2 is 1.75 bits per heavy atom. The van der Waals surface area contributed by atoms with Crippen molar-refractivity contribution in [2.24, 2.45) is 0 Å². The number of hydrogen-bond donors (Lipinski definition) is 2. The minimum Gasteiger partial charge on any atom is -0.507 e. The van der Waals surface area contributed by atoms with Gasteiger partial charge in [0.25, 0.3) is 17.7 Å². The van der Waals surface area contributed by atoms with E-state index >= 15 is 0 Å². The second kappa shape index (κ2) is 6.37. The van der Waals surface area contributed by atoms with E-state index in [1.807, 2.05) is 0 Å². The van der Waals surface area contributed by atoms with E-state index in [2.05, 4.69) is 37.3 Å². The van der Waals surface area contributed by atoms with E-state index in [9.17, 15) is 19.5 Å². The molecule has 122 valence electrons. The average Bonchev–Trinajstić information content (AvgIpc) is 2.80. The summed E-state index contributed by atoms with van der Waals surface area (Å²) in [5.41, 5.74) is 3.24.